The van der Waals surface area contributed by atoms with Crippen LogP contribution in [0.2, 0.25) is 0 Å². The van der Waals surface area contributed by atoms with E-state index in [-0.39, 0.29) is 0 Å². The average Bonchev–Trinajstić information content (AvgIpc) is 2.91. The SMILES string of the molecule is Nc1cc(Br)c(N2CCCC2)cc1SC[C@H](N)C(=O)O. The third kappa shape index (κ3) is 3.59. The molecule has 1 saturated heterocycles. The van der Waals surface area contributed by atoms with Crippen molar-refractivity contribution in [2.75, 3.05) is 29.5 Å². The molecule has 1 heterocycles. The highest BCUT2D eigenvalue weighted by atomic mass is 79.9. The van der Waals surface area contributed by atoms with Crippen molar-refractivity contribution in [1.82, 2.24) is 0 Å². The van der Waals surface area contributed by atoms with Crippen LogP contribution in [-0.4, -0.2) is 36.0 Å². The third-order valence-electron chi connectivity index (χ3n) is 3.26. The summed E-state index contributed by atoms with van der Waals surface area (Å²) in [5.74, 6) is -0.686. The molecule has 0 spiro atoms. The summed E-state index contributed by atoms with van der Waals surface area (Å²) in [5.41, 5.74) is 13.3. The lowest BCUT2D eigenvalue weighted by Gasteiger charge is -2.21. The maximum Gasteiger partial charge on any atom is 0.321 e. The zero-order chi connectivity index (χ0) is 14.7. The Morgan fingerprint density at radius 2 is 2.10 bits per heavy atom. The molecule has 110 valence electrons. The van der Waals surface area contributed by atoms with Crippen LogP contribution >= 0.6 is 27.7 Å². The van der Waals surface area contributed by atoms with E-state index in [0.717, 1.165) is 28.1 Å². The number of carboxylic acid groups (broad SMARTS) is 1. The topological polar surface area (TPSA) is 92.6 Å². The van der Waals surface area contributed by atoms with Crippen molar-refractivity contribution in [2.45, 2.75) is 23.8 Å². The van der Waals surface area contributed by atoms with Gasteiger partial charge in [0.1, 0.15) is 6.04 Å². The number of thioether (sulfide) groups is 1. The van der Waals surface area contributed by atoms with E-state index in [2.05, 4.69) is 20.8 Å². The van der Waals surface area contributed by atoms with E-state index < -0.39 is 12.0 Å². The number of hydrogen-bond donors (Lipinski definition) is 3. The highest BCUT2D eigenvalue weighted by Crippen LogP contribution is 2.37. The fourth-order valence-electron chi connectivity index (χ4n) is 2.13. The minimum absolute atomic E-state index is 0.306. The largest absolute Gasteiger partial charge is 0.480 e. The number of aliphatic carboxylic acids is 1. The maximum atomic E-state index is 10.8. The molecule has 0 aromatic heterocycles. The number of benzene rings is 1. The molecule has 0 aliphatic carbocycles. The fourth-order valence-corrected chi connectivity index (χ4v) is 3.67. The number of carbonyl (C=O) groups is 1. The molecule has 1 fully saturated rings. The molecular formula is C13H18BrN3O2S. The lowest BCUT2D eigenvalue weighted by Crippen LogP contribution is -2.32. The molecule has 0 bridgehead atoms. The molecule has 0 unspecified atom stereocenters. The van der Waals surface area contributed by atoms with Crippen molar-refractivity contribution in [3.63, 3.8) is 0 Å². The van der Waals surface area contributed by atoms with Gasteiger partial charge >= 0.3 is 5.97 Å². The van der Waals surface area contributed by atoms with Gasteiger partial charge in [-0.05, 0) is 40.9 Å². The van der Waals surface area contributed by atoms with Gasteiger partial charge in [-0.1, -0.05) is 0 Å². The first kappa shape index (κ1) is 15.5. The van der Waals surface area contributed by atoms with Crippen LogP contribution in [0.4, 0.5) is 11.4 Å². The minimum Gasteiger partial charge on any atom is -0.480 e. The summed E-state index contributed by atoms with van der Waals surface area (Å²) in [4.78, 5) is 13.9. The van der Waals surface area contributed by atoms with Crippen molar-refractivity contribution in [1.29, 1.82) is 0 Å². The van der Waals surface area contributed by atoms with Gasteiger partial charge in [-0.3, -0.25) is 4.79 Å². The van der Waals surface area contributed by atoms with Crippen molar-refractivity contribution >= 4 is 45.0 Å². The second kappa shape index (κ2) is 6.69. The molecule has 1 aliphatic heterocycles. The first-order chi connectivity index (χ1) is 9.49. The molecule has 1 aromatic carbocycles. The van der Waals surface area contributed by atoms with Crippen LogP contribution in [0.25, 0.3) is 0 Å². The normalized spacial score (nSPS) is 16.4. The minimum atomic E-state index is -0.993. The quantitative estimate of drug-likeness (QED) is 0.550. The zero-order valence-electron chi connectivity index (χ0n) is 11.0. The summed E-state index contributed by atoms with van der Waals surface area (Å²) in [6.07, 6.45) is 2.40. The number of hydrogen-bond acceptors (Lipinski definition) is 5. The highest BCUT2D eigenvalue weighted by Gasteiger charge is 2.18. The van der Waals surface area contributed by atoms with Gasteiger partial charge in [0, 0.05) is 33.9 Å². The van der Waals surface area contributed by atoms with E-state index in [1.807, 2.05) is 12.1 Å². The molecule has 1 atom stereocenters. The van der Waals surface area contributed by atoms with Crippen LogP contribution in [0, 0.1) is 0 Å². The molecule has 2 rings (SSSR count). The van der Waals surface area contributed by atoms with Crippen LogP contribution in [0.1, 0.15) is 12.8 Å². The number of rotatable bonds is 5. The number of nitrogen functional groups attached to an aromatic ring is 1. The van der Waals surface area contributed by atoms with Crippen LogP contribution in [-0.2, 0) is 4.79 Å². The first-order valence-electron chi connectivity index (χ1n) is 6.44. The third-order valence-corrected chi connectivity index (χ3v) is 5.09. The molecular weight excluding hydrogens is 342 g/mol. The Morgan fingerprint density at radius 3 is 2.70 bits per heavy atom. The van der Waals surface area contributed by atoms with E-state index in [9.17, 15) is 4.79 Å². The molecule has 1 aliphatic rings. The summed E-state index contributed by atoms with van der Waals surface area (Å²) in [6, 6.07) is 3.02. The van der Waals surface area contributed by atoms with Gasteiger partial charge in [-0.2, -0.15) is 0 Å². The molecule has 0 saturated carbocycles. The molecule has 0 radical (unpaired) electrons. The summed E-state index contributed by atoms with van der Waals surface area (Å²) in [5, 5.41) is 8.82. The summed E-state index contributed by atoms with van der Waals surface area (Å²) >= 11 is 4.93. The predicted octanol–water partition coefficient (Wildman–Crippen LogP) is 2.14. The molecule has 0 amide bonds. The van der Waals surface area contributed by atoms with E-state index in [1.165, 1.54) is 24.6 Å². The van der Waals surface area contributed by atoms with Gasteiger partial charge in [-0.25, -0.2) is 0 Å². The zero-order valence-corrected chi connectivity index (χ0v) is 13.4. The van der Waals surface area contributed by atoms with Gasteiger partial charge < -0.3 is 21.5 Å². The number of carboxylic acids is 1. The van der Waals surface area contributed by atoms with Crippen LogP contribution < -0.4 is 16.4 Å². The average molecular weight is 360 g/mol. The van der Waals surface area contributed by atoms with Crippen molar-refractivity contribution in [3.05, 3.63) is 16.6 Å². The fraction of sp³-hybridized carbons (Fsp3) is 0.462. The first-order valence-corrected chi connectivity index (χ1v) is 8.22. The van der Waals surface area contributed by atoms with Crippen LogP contribution in [0.5, 0.6) is 0 Å². The van der Waals surface area contributed by atoms with Crippen molar-refractivity contribution in [2.24, 2.45) is 5.73 Å². The standard InChI is InChI=1S/C13H18BrN3O2S/c14-8-5-9(15)12(20-7-10(16)13(18)19)6-11(8)17-3-1-2-4-17/h5-6,10H,1-4,7,15-16H2,(H,18,19)/t10-/m0/s1. The summed E-state index contributed by atoms with van der Waals surface area (Å²) in [7, 11) is 0. The lowest BCUT2D eigenvalue weighted by atomic mass is 10.2. The van der Waals surface area contributed by atoms with Crippen molar-refractivity contribution < 1.29 is 9.90 Å². The van der Waals surface area contributed by atoms with E-state index in [1.54, 1.807) is 0 Å². The summed E-state index contributed by atoms with van der Waals surface area (Å²) in [6.45, 7) is 2.09. The molecule has 1 aromatic rings. The Hall–Kier alpha value is -0.920. The monoisotopic (exact) mass is 359 g/mol. The maximum absolute atomic E-state index is 10.8. The summed E-state index contributed by atoms with van der Waals surface area (Å²) < 4.78 is 0.976. The second-order valence-corrected chi connectivity index (χ2v) is 6.71. The Morgan fingerprint density at radius 1 is 1.45 bits per heavy atom. The molecule has 7 heteroatoms. The molecule has 20 heavy (non-hydrogen) atoms. The number of halogens is 1. The number of anilines is 2. The molecule has 5 N–H and O–H groups in total. The van der Waals surface area contributed by atoms with E-state index in [4.69, 9.17) is 16.6 Å². The number of nitrogens with two attached hydrogens (primary N) is 2. The Kier molecular flexibility index (Phi) is 5.17. The Labute approximate surface area is 130 Å². The molecule has 5 nitrogen and oxygen atoms in total. The Balaban J connectivity index is 2.15. The highest BCUT2D eigenvalue weighted by molar-refractivity contribution is 9.10. The predicted molar refractivity (Wildman–Crippen MR) is 86.3 cm³/mol. The van der Waals surface area contributed by atoms with E-state index >= 15 is 0 Å². The van der Waals surface area contributed by atoms with Gasteiger partial charge in [-0.15, -0.1) is 11.8 Å². The van der Waals surface area contributed by atoms with E-state index in [0.29, 0.717) is 11.4 Å². The Bertz CT molecular complexity index is 507. The van der Waals surface area contributed by atoms with Gasteiger partial charge in [0.2, 0.25) is 0 Å². The van der Waals surface area contributed by atoms with Crippen molar-refractivity contribution in [3.8, 4) is 0 Å². The second-order valence-electron chi connectivity index (χ2n) is 4.79. The van der Waals surface area contributed by atoms with Crippen LogP contribution in [0.3, 0.4) is 0 Å². The van der Waals surface area contributed by atoms with Gasteiger partial charge in [0.25, 0.3) is 0 Å². The number of nitrogens with zero attached hydrogens (tertiary/aromatic N) is 1. The smallest absolute Gasteiger partial charge is 0.321 e. The van der Waals surface area contributed by atoms with Crippen LogP contribution in [0.15, 0.2) is 21.5 Å². The lowest BCUT2D eigenvalue weighted by molar-refractivity contribution is -0.137. The van der Waals surface area contributed by atoms with Gasteiger partial charge in [0.05, 0.1) is 5.69 Å². The van der Waals surface area contributed by atoms with Gasteiger partial charge in [0.15, 0.2) is 0 Å².